The van der Waals surface area contributed by atoms with E-state index in [2.05, 4.69) is 15.4 Å². The lowest BCUT2D eigenvalue weighted by molar-refractivity contribution is -0.137. The minimum absolute atomic E-state index is 0.0486. The third-order valence-electron chi connectivity index (χ3n) is 6.25. The van der Waals surface area contributed by atoms with Crippen LogP contribution in [0.15, 0.2) is 72.9 Å². The van der Waals surface area contributed by atoms with E-state index in [0.717, 1.165) is 11.6 Å². The summed E-state index contributed by atoms with van der Waals surface area (Å²) in [6.07, 6.45) is -4.19. The Kier molecular flexibility index (Phi) is 6.28. The predicted octanol–water partition coefficient (Wildman–Crippen LogP) is 6.70. The molecule has 0 spiro atoms. The van der Waals surface area contributed by atoms with Crippen molar-refractivity contribution in [3.8, 4) is 22.5 Å². The van der Waals surface area contributed by atoms with Crippen LogP contribution in [0.5, 0.6) is 0 Å². The number of aromatic nitrogens is 3. The first kappa shape index (κ1) is 25.2. The highest BCUT2D eigenvalue weighted by Crippen LogP contribution is 2.40. The quantitative estimate of drug-likeness (QED) is 0.225. The van der Waals surface area contributed by atoms with Crippen LogP contribution >= 0.6 is 0 Å². The maximum Gasteiger partial charge on any atom is 0.417 e. The van der Waals surface area contributed by atoms with Crippen LogP contribution in [0.1, 0.15) is 34.5 Å². The van der Waals surface area contributed by atoms with E-state index in [-0.39, 0.29) is 5.69 Å². The van der Waals surface area contributed by atoms with Crippen LogP contribution < -0.4 is 5.32 Å². The van der Waals surface area contributed by atoms with Crippen molar-refractivity contribution in [3.05, 3.63) is 95.4 Å². The van der Waals surface area contributed by atoms with Crippen molar-refractivity contribution in [1.82, 2.24) is 14.8 Å². The summed E-state index contributed by atoms with van der Waals surface area (Å²) in [7, 11) is 1.54. The lowest BCUT2D eigenvalue weighted by Crippen LogP contribution is -2.17. The molecule has 0 bridgehead atoms. The molecule has 0 fully saturated rings. The number of hydrogen-bond donors (Lipinski definition) is 3. The van der Waals surface area contributed by atoms with Gasteiger partial charge in [0.25, 0.3) is 5.91 Å². The van der Waals surface area contributed by atoms with Crippen LogP contribution in [0.2, 0.25) is 0 Å². The van der Waals surface area contributed by atoms with Gasteiger partial charge in [0, 0.05) is 35.3 Å². The van der Waals surface area contributed by atoms with E-state index in [9.17, 15) is 23.1 Å². The fourth-order valence-electron chi connectivity index (χ4n) is 4.35. The zero-order valence-electron chi connectivity index (χ0n) is 20.3. The maximum atomic E-state index is 15.0. The molecule has 5 aromatic rings. The van der Waals surface area contributed by atoms with Crippen molar-refractivity contribution in [2.75, 3.05) is 5.32 Å². The van der Waals surface area contributed by atoms with Crippen LogP contribution in [0.25, 0.3) is 33.4 Å². The molecule has 1 amide bonds. The highest BCUT2D eigenvalue weighted by atomic mass is 19.4. The zero-order valence-corrected chi connectivity index (χ0v) is 20.3. The monoisotopic (exact) mass is 522 g/mol. The zero-order chi connectivity index (χ0) is 27.2. The number of amides is 1. The van der Waals surface area contributed by atoms with E-state index < -0.39 is 40.7 Å². The Hall–Kier alpha value is -4.44. The molecule has 1 atom stereocenters. The van der Waals surface area contributed by atoms with E-state index in [1.165, 1.54) is 24.0 Å². The predicted molar refractivity (Wildman–Crippen MR) is 136 cm³/mol. The minimum Gasteiger partial charge on any atom is -0.389 e. The Morgan fingerprint density at radius 2 is 1.82 bits per heavy atom. The summed E-state index contributed by atoms with van der Waals surface area (Å²) in [5, 5.41) is 17.3. The number of halogens is 4. The molecule has 0 aliphatic rings. The van der Waals surface area contributed by atoms with Crippen LogP contribution in [0.3, 0.4) is 0 Å². The highest BCUT2D eigenvalue weighted by Gasteiger charge is 2.36. The van der Waals surface area contributed by atoms with Crippen molar-refractivity contribution in [2.45, 2.75) is 19.2 Å². The second kappa shape index (κ2) is 9.46. The van der Waals surface area contributed by atoms with Crippen molar-refractivity contribution >= 4 is 22.5 Å². The first-order valence-corrected chi connectivity index (χ1v) is 11.6. The van der Waals surface area contributed by atoms with Crippen LogP contribution in [-0.4, -0.2) is 25.8 Å². The standard InChI is InChI=1S/C28H22F4N4O2/c1-15(37)17-8-9-23-20(12-17)26(25(33-23)16-6-4-3-5-7-16)34-27(38)19-13-18(24-10-11-36(2)35-24)21(14-22(19)29)28(30,31)32/h3-15,33,37H,1-2H3,(H,34,38)/t15-/m0/s1. The molecule has 2 heterocycles. The molecule has 10 heteroatoms. The number of alkyl halides is 3. The van der Waals surface area contributed by atoms with E-state index >= 15 is 4.39 Å². The van der Waals surface area contributed by atoms with E-state index in [1.807, 2.05) is 30.3 Å². The van der Waals surface area contributed by atoms with Crippen molar-refractivity contribution in [3.63, 3.8) is 0 Å². The van der Waals surface area contributed by atoms with E-state index in [4.69, 9.17) is 0 Å². The highest BCUT2D eigenvalue weighted by molar-refractivity contribution is 6.13. The summed E-state index contributed by atoms with van der Waals surface area (Å²) in [6, 6.07) is 16.8. The molecule has 5 rings (SSSR count). The Labute approximate surface area is 214 Å². The van der Waals surface area contributed by atoms with Gasteiger partial charge in [0.2, 0.25) is 0 Å². The second-order valence-electron chi connectivity index (χ2n) is 8.93. The van der Waals surface area contributed by atoms with Crippen molar-refractivity contribution in [2.24, 2.45) is 7.05 Å². The molecule has 0 radical (unpaired) electrons. The van der Waals surface area contributed by atoms with Gasteiger partial charge in [-0.1, -0.05) is 36.4 Å². The molecular weight excluding hydrogens is 500 g/mol. The first-order chi connectivity index (χ1) is 18.0. The SMILES string of the molecule is C[C@H](O)c1ccc2[nH]c(-c3ccccc3)c(NC(=O)c3cc(-c4ccn(C)n4)c(C(F)(F)F)cc3F)c2c1. The third-order valence-corrected chi connectivity index (χ3v) is 6.25. The molecule has 0 aliphatic heterocycles. The average Bonchev–Trinajstić information content (AvgIpc) is 3.47. The lowest BCUT2D eigenvalue weighted by atomic mass is 9.99. The third kappa shape index (κ3) is 4.66. The van der Waals surface area contributed by atoms with Gasteiger partial charge in [0.15, 0.2) is 0 Å². The summed E-state index contributed by atoms with van der Waals surface area (Å²) in [5.41, 5.74) is 0.514. The Bertz CT molecular complexity index is 1650. The molecule has 3 aromatic carbocycles. The Morgan fingerprint density at radius 1 is 1.08 bits per heavy atom. The van der Waals surface area contributed by atoms with Crippen LogP contribution in [0.4, 0.5) is 23.2 Å². The van der Waals surface area contributed by atoms with Crippen LogP contribution in [-0.2, 0) is 13.2 Å². The lowest BCUT2D eigenvalue weighted by Gasteiger charge is -2.15. The van der Waals surface area contributed by atoms with Gasteiger partial charge in [-0.15, -0.1) is 0 Å². The maximum absolute atomic E-state index is 15.0. The number of benzene rings is 3. The average molecular weight is 523 g/mol. The van der Waals surface area contributed by atoms with Gasteiger partial charge < -0.3 is 15.4 Å². The number of aliphatic hydroxyl groups is 1. The van der Waals surface area contributed by atoms with Gasteiger partial charge in [0.1, 0.15) is 5.82 Å². The molecule has 194 valence electrons. The van der Waals surface area contributed by atoms with Gasteiger partial charge in [-0.3, -0.25) is 9.48 Å². The number of rotatable bonds is 5. The summed E-state index contributed by atoms with van der Waals surface area (Å²) < 4.78 is 57.6. The second-order valence-corrected chi connectivity index (χ2v) is 8.93. The number of carbonyl (C=O) groups excluding carboxylic acids is 1. The normalized spacial score (nSPS) is 12.6. The summed E-state index contributed by atoms with van der Waals surface area (Å²) in [4.78, 5) is 16.6. The molecule has 3 N–H and O–H groups in total. The fourth-order valence-corrected chi connectivity index (χ4v) is 4.35. The van der Waals surface area contributed by atoms with Gasteiger partial charge >= 0.3 is 6.18 Å². The molecule has 6 nitrogen and oxygen atoms in total. The number of fused-ring (bicyclic) bond motifs is 1. The number of anilines is 1. The van der Waals surface area contributed by atoms with Gasteiger partial charge in [-0.25, -0.2) is 4.39 Å². The number of carbonyl (C=O) groups is 1. The first-order valence-electron chi connectivity index (χ1n) is 11.6. The number of aryl methyl sites for hydroxylation is 1. The number of aliphatic hydroxyl groups excluding tert-OH is 1. The molecule has 38 heavy (non-hydrogen) atoms. The molecule has 0 saturated heterocycles. The summed E-state index contributed by atoms with van der Waals surface area (Å²) in [5.74, 6) is -2.26. The topological polar surface area (TPSA) is 82.9 Å². The fraction of sp³-hybridized carbons (Fsp3) is 0.143. The molecule has 0 unspecified atom stereocenters. The molecular formula is C28H22F4N4O2. The van der Waals surface area contributed by atoms with Crippen LogP contribution in [0, 0.1) is 5.82 Å². The molecule has 0 saturated carbocycles. The number of nitrogens with zero attached hydrogens (tertiary/aromatic N) is 2. The molecule has 0 aliphatic carbocycles. The number of hydrogen-bond acceptors (Lipinski definition) is 3. The van der Waals surface area contributed by atoms with Gasteiger partial charge in [0.05, 0.1) is 34.3 Å². The Morgan fingerprint density at radius 3 is 2.45 bits per heavy atom. The number of aromatic amines is 1. The smallest absolute Gasteiger partial charge is 0.389 e. The summed E-state index contributed by atoms with van der Waals surface area (Å²) in [6.45, 7) is 1.60. The van der Waals surface area contributed by atoms with Gasteiger partial charge in [-0.2, -0.15) is 18.3 Å². The van der Waals surface area contributed by atoms with Gasteiger partial charge in [-0.05, 0) is 42.8 Å². The van der Waals surface area contributed by atoms with Crippen molar-refractivity contribution in [1.29, 1.82) is 0 Å². The minimum atomic E-state index is -4.86. The van der Waals surface area contributed by atoms with E-state index in [1.54, 1.807) is 25.1 Å². The largest absolute Gasteiger partial charge is 0.417 e. The number of H-pyrrole nitrogens is 1. The molecule has 2 aromatic heterocycles. The van der Waals surface area contributed by atoms with Crippen molar-refractivity contribution < 1.29 is 27.5 Å². The number of nitrogens with one attached hydrogen (secondary N) is 2. The Balaban J connectivity index is 1.65. The summed E-state index contributed by atoms with van der Waals surface area (Å²) >= 11 is 0. The van der Waals surface area contributed by atoms with E-state index in [0.29, 0.717) is 33.9 Å².